The van der Waals surface area contributed by atoms with Gasteiger partial charge in [0.25, 0.3) is 0 Å². The van der Waals surface area contributed by atoms with Crippen molar-refractivity contribution in [1.29, 1.82) is 0 Å². The molecule has 0 aromatic carbocycles. The van der Waals surface area contributed by atoms with Crippen LogP contribution in [-0.4, -0.2) is 44.6 Å². The van der Waals surface area contributed by atoms with Crippen LogP contribution in [0.15, 0.2) is 0 Å². The maximum absolute atomic E-state index is 11.1. The van der Waals surface area contributed by atoms with Crippen LogP contribution >= 0.6 is 0 Å². The van der Waals surface area contributed by atoms with Gasteiger partial charge in [0.2, 0.25) is 5.91 Å². The highest BCUT2D eigenvalue weighted by Gasteiger charge is 2.08. The zero-order valence-electron chi connectivity index (χ0n) is 8.49. The van der Waals surface area contributed by atoms with E-state index < -0.39 is 9.84 Å². The second-order valence-electron chi connectivity index (χ2n) is 3.47. The molecule has 0 bridgehead atoms. The highest BCUT2D eigenvalue weighted by atomic mass is 32.2. The molecule has 0 spiro atoms. The Hall–Kier alpha value is -0.620. The number of amides is 1. The van der Waals surface area contributed by atoms with E-state index in [1.54, 1.807) is 6.92 Å². The van der Waals surface area contributed by atoms with Gasteiger partial charge in [-0.15, -0.1) is 0 Å². The molecule has 6 heteroatoms. The van der Waals surface area contributed by atoms with Crippen molar-refractivity contribution >= 4 is 15.7 Å². The lowest BCUT2D eigenvalue weighted by Crippen LogP contribution is -2.30. The summed E-state index contributed by atoms with van der Waals surface area (Å²) in [5.41, 5.74) is 0. The van der Waals surface area contributed by atoms with Crippen molar-refractivity contribution < 1.29 is 18.3 Å². The average molecular weight is 223 g/mol. The van der Waals surface area contributed by atoms with Crippen molar-refractivity contribution in [3.8, 4) is 0 Å². The third-order valence-electron chi connectivity index (χ3n) is 1.66. The van der Waals surface area contributed by atoms with Gasteiger partial charge in [0.05, 0.1) is 5.75 Å². The number of carbonyl (C=O) groups is 1. The number of aliphatic hydroxyl groups is 1. The fraction of sp³-hybridized carbons (Fsp3) is 0.875. The Balaban J connectivity index is 3.67. The lowest BCUT2D eigenvalue weighted by atomic mass is 10.2. The third kappa shape index (κ3) is 8.00. The average Bonchev–Trinajstić information content (AvgIpc) is 2.09. The topological polar surface area (TPSA) is 83.5 Å². The van der Waals surface area contributed by atoms with Crippen molar-refractivity contribution in [3.05, 3.63) is 0 Å². The van der Waals surface area contributed by atoms with Crippen molar-refractivity contribution in [1.82, 2.24) is 5.32 Å². The van der Waals surface area contributed by atoms with Crippen LogP contribution < -0.4 is 5.32 Å². The van der Waals surface area contributed by atoms with Crippen LogP contribution in [0.3, 0.4) is 0 Å². The molecular weight excluding hydrogens is 206 g/mol. The van der Waals surface area contributed by atoms with E-state index in [1.807, 2.05) is 0 Å². The molecule has 1 unspecified atom stereocenters. The molecule has 14 heavy (non-hydrogen) atoms. The summed E-state index contributed by atoms with van der Waals surface area (Å²) < 4.78 is 21.4. The van der Waals surface area contributed by atoms with Crippen LogP contribution in [0.4, 0.5) is 0 Å². The summed E-state index contributed by atoms with van der Waals surface area (Å²) in [5, 5.41) is 11.2. The Morgan fingerprint density at radius 2 is 2.07 bits per heavy atom. The van der Waals surface area contributed by atoms with E-state index >= 15 is 0 Å². The maximum atomic E-state index is 11.1. The summed E-state index contributed by atoms with van der Waals surface area (Å²) in [6.07, 6.45) is 1.08. The zero-order chi connectivity index (χ0) is 11.2. The number of rotatable bonds is 6. The number of nitrogens with one attached hydrogen (secondary N) is 1. The second kappa shape index (κ2) is 5.98. The second-order valence-corrected chi connectivity index (χ2v) is 5.73. The van der Waals surface area contributed by atoms with Gasteiger partial charge in [0.1, 0.15) is 9.84 Å². The van der Waals surface area contributed by atoms with Crippen molar-refractivity contribution in [2.24, 2.45) is 5.92 Å². The molecule has 0 aliphatic heterocycles. The van der Waals surface area contributed by atoms with Crippen LogP contribution in [0.5, 0.6) is 0 Å². The molecule has 5 nitrogen and oxygen atoms in total. The van der Waals surface area contributed by atoms with Crippen LogP contribution in [0, 0.1) is 5.92 Å². The molecule has 84 valence electrons. The highest BCUT2D eigenvalue weighted by molar-refractivity contribution is 7.90. The highest BCUT2D eigenvalue weighted by Crippen LogP contribution is 1.92. The first kappa shape index (κ1) is 13.4. The van der Waals surface area contributed by atoms with Gasteiger partial charge in [0, 0.05) is 25.8 Å². The minimum absolute atomic E-state index is 0.00261. The largest absolute Gasteiger partial charge is 0.396 e. The van der Waals surface area contributed by atoms with Crippen molar-refractivity contribution in [2.45, 2.75) is 13.3 Å². The standard InChI is InChI=1S/C8H17NO4S/c1-7(6-10)5-9-8(11)3-4-14(2,12)13/h7,10H,3-6H2,1-2H3,(H,9,11). The third-order valence-corrected chi connectivity index (χ3v) is 2.60. The molecule has 0 radical (unpaired) electrons. The summed E-state index contributed by atoms with van der Waals surface area (Å²) in [6.45, 7) is 2.17. The van der Waals surface area contributed by atoms with Gasteiger partial charge in [-0.1, -0.05) is 6.92 Å². The maximum Gasteiger partial charge on any atom is 0.221 e. The summed E-state index contributed by atoms with van der Waals surface area (Å²) in [4.78, 5) is 11.1. The normalized spacial score (nSPS) is 13.6. The molecule has 1 amide bonds. The molecular formula is C8H17NO4S. The SMILES string of the molecule is CC(CO)CNC(=O)CCS(C)(=O)=O. The Morgan fingerprint density at radius 3 is 2.50 bits per heavy atom. The number of carbonyl (C=O) groups excluding carboxylic acids is 1. The predicted molar refractivity (Wildman–Crippen MR) is 53.6 cm³/mol. The lowest BCUT2D eigenvalue weighted by Gasteiger charge is -2.08. The molecule has 0 aliphatic carbocycles. The summed E-state index contributed by atoms with van der Waals surface area (Å²) >= 11 is 0. The van der Waals surface area contributed by atoms with E-state index in [-0.39, 0.29) is 30.6 Å². The molecule has 0 saturated heterocycles. The molecule has 0 fully saturated rings. The van der Waals surface area contributed by atoms with Crippen LogP contribution in [0.2, 0.25) is 0 Å². The molecule has 0 saturated carbocycles. The molecule has 1 atom stereocenters. The van der Waals surface area contributed by atoms with Gasteiger partial charge in [-0.3, -0.25) is 4.79 Å². The first-order valence-corrected chi connectivity index (χ1v) is 6.46. The summed E-state index contributed by atoms with van der Waals surface area (Å²) in [6, 6.07) is 0. The first-order valence-electron chi connectivity index (χ1n) is 4.40. The van der Waals surface area contributed by atoms with Gasteiger partial charge in [-0.25, -0.2) is 8.42 Å². The zero-order valence-corrected chi connectivity index (χ0v) is 9.30. The van der Waals surface area contributed by atoms with Crippen LogP contribution in [0.1, 0.15) is 13.3 Å². The molecule has 0 rings (SSSR count). The monoisotopic (exact) mass is 223 g/mol. The fourth-order valence-electron chi connectivity index (χ4n) is 0.719. The lowest BCUT2D eigenvalue weighted by molar-refractivity contribution is -0.120. The smallest absolute Gasteiger partial charge is 0.221 e. The van der Waals surface area contributed by atoms with Crippen LogP contribution in [0.25, 0.3) is 0 Å². The molecule has 0 aliphatic rings. The number of aliphatic hydroxyl groups excluding tert-OH is 1. The minimum atomic E-state index is -3.07. The number of hydrogen-bond acceptors (Lipinski definition) is 4. The van der Waals surface area contributed by atoms with Gasteiger partial charge >= 0.3 is 0 Å². The first-order chi connectivity index (χ1) is 6.35. The van der Waals surface area contributed by atoms with E-state index in [1.165, 1.54) is 0 Å². The van der Waals surface area contributed by atoms with E-state index in [9.17, 15) is 13.2 Å². The summed E-state index contributed by atoms with van der Waals surface area (Å²) in [7, 11) is -3.07. The van der Waals surface area contributed by atoms with Gasteiger partial charge in [-0.2, -0.15) is 0 Å². The number of sulfone groups is 1. The Labute approximate surface area is 84.4 Å². The molecule has 0 aromatic rings. The van der Waals surface area contributed by atoms with E-state index in [0.717, 1.165) is 6.26 Å². The van der Waals surface area contributed by atoms with Crippen LogP contribution in [-0.2, 0) is 14.6 Å². The quantitative estimate of drug-likeness (QED) is 0.615. The van der Waals surface area contributed by atoms with Crippen molar-refractivity contribution in [3.63, 3.8) is 0 Å². The van der Waals surface area contributed by atoms with Gasteiger partial charge in [-0.05, 0) is 5.92 Å². The number of hydrogen-bond donors (Lipinski definition) is 2. The van der Waals surface area contributed by atoms with Crippen molar-refractivity contribution in [2.75, 3.05) is 25.2 Å². The van der Waals surface area contributed by atoms with Gasteiger partial charge < -0.3 is 10.4 Å². The van der Waals surface area contributed by atoms with E-state index in [2.05, 4.69) is 5.32 Å². The minimum Gasteiger partial charge on any atom is -0.396 e. The molecule has 0 aromatic heterocycles. The summed E-state index contributed by atoms with van der Waals surface area (Å²) in [5.74, 6) is -0.431. The Bertz CT molecular complexity index is 273. The molecule has 2 N–H and O–H groups in total. The van der Waals surface area contributed by atoms with E-state index in [0.29, 0.717) is 6.54 Å². The van der Waals surface area contributed by atoms with Gasteiger partial charge in [0.15, 0.2) is 0 Å². The Kier molecular flexibility index (Phi) is 5.71. The Morgan fingerprint density at radius 1 is 1.50 bits per heavy atom. The molecule has 0 heterocycles. The predicted octanol–water partition coefficient (Wildman–Crippen LogP) is -0.834. The fourth-order valence-corrected chi connectivity index (χ4v) is 1.28. The van der Waals surface area contributed by atoms with E-state index in [4.69, 9.17) is 5.11 Å².